The summed E-state index contributed by atoms with van der Waals surface area (Å²) in [4.78, 5) is 17.1. The largest absolute Gasteiger partial charge is 0.372 e. The average molecular weight is 289 g/mol. The lowest BCUT2D eigenvalue weighted by Gasteiger charge is -2.18. The number of hydrogen-bond acceptors (Lipinski definition) is 2. The summed E-state index contributed by atoms with van der Waals surface area (Å²) in [5.41, 5.74) is 3.59. The van der Waals surface area contributed by atoms with Crippen molar-refractivity contribution in [2.45, 2.75) is 18.7 Å². The molecule has 3 rings (SSSR count). The highest BCUT2D eigenvalue weighted by atomic mass is 35.5. The Morgan fingerprint density at radius 1 is 1.15 bits per heavy atom. The van der Waals surface area contributed by atoms with Gasteiger partial charge in [-0.05, 0) is 31.0 Å². The van der Waals surface area contributed by atoms with Crippen molar-refractivity contribution in [1.82, 2.24) is 4.98 Å². The maximum atomic E-state index is 11.8. The van der Waals surface area contributed by atoms with Gasteiger partial charge in [-0.3, -0.25) is 4.79 Å². The summed E-state index contributed by atoms with van der Waals surface area (Å²) < 4.78 is 0. The highest BCUT2D eigenvalue weighted by Gasteiger charge is 2.12. The number of H-pyrrole nitrogens is 1. The smallest absolute Gasteiger partial charge is 0.252 e. The van der Waals surface area contributed by atoms with Crippen LogP contribution in [-0.2, 0) is 5.88 Å². The molecule has 0 saturated carbocycles. The molecule has 0 spiro atoms. The molecule has 0 bridgehead atoms. The van der Waals surface area contributed by atoms with E-state index in [0.717, 1.165) is 24.3 Å². The van der Waals surface area contributed by atoms with Gasteiger partial charge in [-0.1, -0.05) is 18.2 Å². The molecule has 2 heterocycles. The Labute approximate surface area is 123 Å². The van der Waals surface area contributed by atoms with Crippen molar-refractivity contribution in [1.29, 1.82) is 0 Å². The van der Waals surface area contributed by atoms with E-state index in [0.29, 0.717) is 5.56 Å². The molecule has 0 aliphatic carbocycles. The minimum atomic E-state index is -0.107. The summed E-state index contributed by atoms with van der Waals surface area (Å²) in [6.45, 7) is 2.23. The quantitative estimate of drug-likeness (QED) is 0.879. The van der Waals surface area contributed by atoms with Crippen LogP contribution in [0.5, 0.6) is 0 Å². The minimum Gasteiger partial charge on any atom is -0.372 e. The number of aromatic amines is 1. The van der Waals surface area contributed by atoms with E-state index in [4.69, 9.17) is 11.6 Å². The zero-order valence-corrected chi connectivity index (χ0v) is 12.0. The predicted molar refractivity (Wildman–Crippen MR) is 83.5 cm³/mol. The fourth-order valence-corrected chi connectivity index (χ4v) is 2.83. The maximum absolute atomic E-state index is 11.8. The molecule has 3 nitrogen and oxygen atoms in total. The molecule has 1 N–H and O–H groups in total. The Bertz CT molecular complexity index is 660. The topological polar surface area (TPSA) is 36.1 Å². The first kappa shape index (κ1) is 13.3. The monoisotopic (exact) mass is 288 g/mol. The molecule has 0 amide bonds. The van der Waals surface area contributed by atoms with Gasteiger partial charge in [0, 0.05) is 35.6 Å². The Balaban J connectivity index is 1.95. The summed E-state index contributed by atoms with van der Waals surface area (Å²) in [5, 5.41) is 0. The van der Waals surface area contributed by atoms with Gasteiger partial charge < -0.3 is 9.88 Å². The number of benzene rings is 1. The van der Waals surface area contributed by atoms with Crippen molar-refractivity contribution in [3.8, 4) is 11.3 Å². The summed E-state index contributed by atoms with van der Waals surface area (Å²) in [6, 6.07) is 12.0. The SMILES string of the molecule is O=c1[nH]c(-c2cccc(N3CCCC3)c2)ccc1CCl. The number of aromatic nitrogens is 1. The van der Waals surface area contributed by atoms with E-state index in [1.807, 2.05) is 18.2 Å². The van der Waals surface area contributed by atoms with Crippen molar-refractivity contribution in [3.63, 3.8) is 0 Å². The molecule has 0 atom stereocenters. The zero-order chi connectivity index (χ0) is 13.9. The van der Waals surface area contributed by atoms with Gasteiger partial charge in [0.1, 0.15) is 0 Å². The second-order valence-corrected chi connectivity index (χ2v) is 5.37. The van der Waals surface area contributed by atoms with Crippen molar-refractivity contribution in [2.75, 3.05) is 18.0 Å². The van der Waals surface area contributed by atoms with Crippen LogP contribution >= 0.6 is 11.6 Å². The third kappa shape index (κ3) is 2.59. The molecule has 4 heteroatoms. The Kier molecular flexibility index (Phi) is 3.79. The van der Waals surface area contributed by atoms with Gasteiger partial charge >= 0.3 is 0 Å². The van der Waals surface area contributed by atoms with Crippen LogP contribution in [0.4, 0.5) is 5.69 Å². The van der Waals surface area contributed by atoms with E-state index in [9.17, 15) is 4.79 Å². The van der Waals surface area contributed by atoms with E-state index in [-0.39, 0.29) is 11.4 Å². The molecule has 0 radical (unpaired) electrons. The van der Waals surface area contributed by atoms with E-state index < -0.39 is 0 Å². The first-order valence-corrected chi connectivity index (χ1v) is 7.45. The third-order valence-corrected chi connectivity index (χ3v) is 4.05. The number of alkyl halides is 1. The summed E-state index contributed by atoms with van der Waals surface area (Å²) in [6.07, 6.45) is 2.51. The number of anilines is 1. The van der Waals surface area contributed by atoms with Gasteiger partial charge in [-0.15, -0.1) is 11.6 Å². The Morgan fingerprint density at radius 2 is 1.95 bits per heavy atom. The molecule has 1 aliphatic rings. The number of pyridine rings is 1. The number of rotatable bonds is 3. The van der Waals surface area contributed by atoms with Crippen LogP contribution in [0.25, 0.3) is 11.3 Å². The van der Waals surface area contributed by atoms with Crippen LogP contribution < -0.4 is 10.5 Å². The van der Waals surface area contributed by atoms with Gasteiger partial charge in [0.25, 0.3) is 5.56 Å². The number of halogens is 1. The standard InChI is InChI=1S/C16H17ClN2O/c17-11-13-6-7-15(18-16(13)20)12-4-3-5-14(10-12)19-8-1-2-9-19/h3-7,10H,1-2,8-9,11H2,(H,18,20). The molecular weight excluding hydrogens is 272 g/mol. The first-order valence-electron chi connectivity index (χ1n) is 6.91. The van der Waals surface area contributed by atoms with Crippen LogP contribution in [0.1, 0.15) is 18.4 Å². The van der Waals surface area contributed by atoms with Gasteiger partial charge in [-0.2, -0.15) is 0 Å². The summed E-state index contributed by atoms with van der Waals surface area (Å²) in [5.74, 6) is 0.240. The molecule has 104 valence electrons. The second kappa shape index (κ2) is 5.71. The van der Waals surface area contributed by atoms with E-state index in [1.54, 1.807) is 6.07 Å². The Hall–Kier alpha value is -1.74. The molecule has 1 fully saturated rings. The number of nitrogens with one attached hydrogen (secondary N) is 1. The highest BCUT2D eigenvalue weighted by molar-refractivity contribution is 6.17. The van der Waals surface area contributed by atoms with E-state index in [2.05, 4.69) is 22.0 Å². The van der Waals surface area contributed by atoms with Crippen LogP contribution in [0.15, 0.2) is 41.2 Å². The average Bonchev–Trinajstić information content (AvgIpc) is 3.01. The van der Waals surface area contributed by atoms with Crippen LogP contribution in [-0.4, -0.2) is 18.1 Å². The molecule has 0 unspecified atom stereocenters. The molecule has 1 aliphatic heterocycles. The molecule has 1 aromatic heterocycles. The van der Waals surface area contributed by atoms with Gasteiger partial charge in [0.15, 0.2) is 0 Å². The van der Waals surface area contributed by atoms with Crippen molar-refractivity contribution >= 4 is 17.3 Å². The normalized spacial score (nSPS) is 14.8. The molecular formula is C16H17ClN2O. The Morgan fingerprint density at radius 3 is 2.65 bits per heavy atom. The zero-order valence-electron chi connectivity index (χ0n) is 11.2. The van der Waals surface area contributed by atoms with Crippen molar-refractivity contribution < 1.29 is 0 Å². The van der Waals surface area contributed by atoms with Crippen LogP contribution in [0.2, 0.25) is 0 Å². The lowest BCUT2D eigenvalue weighted by atomic mass is 10.1. The van der Waals surface area contributed by atoms with Crippen molar-refractivity contribution in [2.24, 2.45) is 0 Å². The molecule has 2 aromatic rings. The third-order valence-electron chi connectivity index (χ3n) is 3.76. The highest BCUT2D eigenvalue weighted by Crippen LogP contribution is 2.25. The van der Waals surface area contributed by atoms with Gasteiger partial charge in [0.05, 0.1) is 5.88 Å². The maximum Gasteiger partial charge on any atom is 0.252 e. The van der Waals surface area contributed by atoms with Gasteiger partial charge in [0.2, 0.25) is 0 Å². The second-order valence-electron chi connectivity index (χ2n) is 5.10. The summed E-state index contributed by atoms with van der Waals surface area (Å²) >= 11 is 5.72. The molecule has 1 saturated heterocycles. The molecule has 20 heavy (non-hydrogen) atoms. The fourth-order valence-electron chi connectivity index (χ4n) is 2.62. The lowest BCUT2D eigenvalue weighted by molar-refractivity contribution is 0.949. The van der Waals surface area contributed by atoms with Gasteiger partial charge in [-0.25, -0.2) is 0 Å². The van der Waals surface area contributed by atoms with E-state index >= 15 is 0 Å². The number of hydrogen-bond donors (Lipinski definition) is 1. The molecule has 1 aromatic carbocycles. The van der Waals surface area contributed by atoms with E-state index in [1.165, 1.54) is 18.5 Å². The fraction of sp³-hybridized carbons (Fsp3) is 0.312. The number of nitrogens with zero attached hydrogens (tertiary/aromatic N) is 1. The predicted octanol–water partition coefficient (Wildman–Crippen LogP) is 3.38. The minimum absolute atomic E-state index is 0.107. The lowest BCUT2D eigenvalue weighted by Crippen LogP contribution is -2.17. The first-order chi connectivity index (χ1) is 9.78. The van der Waals surface area contributed by atoms with Crippen molar-refractivity contribution in [3.05, 3.63) is 52.3 Å². The van der Waals surface area contributed by atoms with Crippen LogP contribution in [0.3, 0.4) is 0 Å². The summed E-state index contributed by atoms with van der Waals surface area (Å²) in [7, 11) is 0. The van der Waals surface area contributed by atoms with Crippen LogP contribution in [0, 0.1) is 0 Å².